The van der Waals surface area contributed by atoms with Crippen LogP contribution in [-0.2, 0) is 10.2 Å². The predicted octanol–water partition coefficient (Wildman–Crippen LogP) is 7.15. The molecule has 0 radical (unpaired) electrons. The lowest BCUT2D eigenvalue weighted by Crippen LogP contribution is -2.48. The normalized spacial score (nSPS) is 24.1. The highest BCUT2D eigenvalue weighted by Gasteiger charge is 2.67. The van der Waals surface area contributed by atoms with Crippen molar-refractivity contribution in [3.8, 4) is 6.07 Å². The van der Waals surface area contributed by atoms with E-state index in [1.54, 1.807) is 4.90 Å². The predicted molar refractivity (Wildman–Crippen MR) is 152 cm³/mol. The van der Waals surface area contributed by atoms with Crippen molar-refractivity contribution >= 4 is 40.8 Å². The number of hydrogen-bond acceptors (Lipinski definition) is 4. The minimum Gasteiger partial charge on any atom is -0.478 e. The molecule has 1 amide bonds. The zero-order chi connectivity index (χ0) is 30.7. The number of carbonyl (C=O) groups excluding carboxylic acids is 1. The van der Waals surface area contributed by atoms with E-state index in [0.717, 1.165) is 17.0 Å². The third-order valence-electron chi connectivity index (χ3n) is 8.08. The maximum absolute atomic E-state index is 15.9. The van der Waals surface area contributed by atoms with Crippen molar-refractivity contribution in [1.29, 1.82) is 5.26 Å². The third-order valence-corrected chi connectivity index (χ3v) is 8.61. The first-order valence-corrected chi connectivity index (χ1v) is 13.9. The second-order valence-electron chi connectivity index (χ2n) is 11.8. The standard InChI is InChI=1S/C31H26Cl2F3N3O3/c1-30(2,3)13-24-31(14-37,19-9-8-17(32)12-21(19)34)25(18-5-4-6-20(33)26(18)36)27-28(40)38(15-39(24)27)23-10-7-16(29(41)42)11-22(23)35/h4-12,24-25,27H,13,15H2,1-3H3,(H,41,42)/t24-,25-,27+,31-/m0/s1. The van der Waals surface area contributed by atoms with Gasteiger partial charge in [0, 0.05) is 22.5 Å². The molecule has 3 aromatic rings. The van der Waals surface area contributed by atoms with Crippen LogP contribution in [0, 0.1) is 34.2 Å². The minimum atomic E-state index is -1.79. The number of halogens is 5. The highest BCUT2D eigenvalue weighted by molar-refractivity contribution is 6.31. The van der Waals surface area contributed by atoms with Gasteiger partial charge in [0.1, 0.15) is 28.9 Å². The van der Waals surface area contributed by atoms with E-state index in [4.69, 9.17) is 23.2 Å². The van der Waals surface area contributed by atoms with Crippen LogP contribution in [0.1, 0.15) is 54.6 Å². The van der Waals surface area contributed by atoms with Crippen LogP contribution in [0.2, 0.25) is 10.0 Å². The van der Waals surface area contributed by atoms with Gasteiger partial charge in [0.05, 0.1) is 29.0 Å². The Bertz CT molecular complexity index is 1650. The molecule has 2 aliphatic rings. The van der Waals surface area contributed by atoms with Crippen LogP contribution in [0.25, 0.3) is 0 Å². The SMILES string of the molecule is CC(C)(C)C[C@@H]1N2CN(c3ccc(C(=O)O)cc3F)C(=O)[C@H]2[C@H](c2cccc(Cl)c2F)[C@@]1(C#N)c1ccc(Cl)cc1F. The van der Waals surface area contributed by atoms with E-state index in [1.807, 2.05) is 20.8 Å². The van der Waals surface area contributed by atoms with Crippen molar-refractivity contribution in [2.24, 2.45) is 5.41 Å². The van der Waals surface area contributed by atoms with Gasteiger partial charge in [0.15, 0.2) is 0 Å². The Kier molecular flexibility index (Phi) is 7.55. The van der Waals surface area contributed by atoms with E-state index in [-0.39, 0.29) is 45.5 Å². The highest BCUT2D eigenvalue weighted by atomic mass is 35.5. The van der Waals surface area contributed by atoms with Gasteiger partial charge in [0.25, 0.3) is 0 Å². The average molecular weight is 616 g/mol. The fourth-order valence-electron chi connectivity index (χ4n) is 6.43. The van der Waals surface area contributed by atoms with Gasteiger partial charge in [-0.15, -0.1) is 0 Å². The van der Waals surface area contributed by atoms with Gasteiger partial charge >= 0.3 is 5.97 Å². The van der Waals surface area contributed by atoms with Crippen LogP contribution in [0.4, 0.5) is 18.9 Å². The van der Waals surface area contributed by atoms with Crippen LogP contribution >= 0.6 is 23.2 Å². The summed E-state index contributed by atoms with van der Waals surface area (Å²) in [4.78, 5) is 28.5. The molecule has 0 aliphatic carbocycles. The van der Waals surface area contributed by atoms with E-state index in [0.29, 0.717) is 0 Å². The van der Waals surface area contributed by atoms with Crippen LogP contribution in [0.15, 0.2) is 54.6 Å². The molecule has 2 heterocycles. The monoisotopic (exact) mass is 615 g/mol. The Morgan fingerprint density at radius 2 is 1.81 bits per heavy atom. The lowest BCUT2D eigenvalue weighted by Gasteiger charge is -2.40. The third kappa shape index (κ3) is 4.72. The molecule has 5 rings (SSSR count). The summed E-state index contributed by atoms with van der Waals surface area (Å²) in [6.07, 6.45) is 0.277. The molecule has 3 aromatic carbocycles. The Hall–Kier alpha value is -3.58. The number of aromatic carboxylic acids is 1. The van der Waals surface area contributed by atoms with Gasteiger partial charge in [0.2, 0.25) is 5.91 Å². The van der Waals surface area contributed by atoms with Gasteiger partial charge in [-0.05, 0) is 53.8 Å². The molecule has 2 saturated heterocycles. The molecule has 42 heavy (non-hydrogen) atoms. The first-order chi connectivity index (χ1) is 19.7. The average Bonchev–Trinajstić information content (AvgIpc) is 3.36. The molecular weight excluding hydrogens is 590 g/mol. The van der Waals surface area contributed by atoms with Crippen LogP contribution < -0.4 is 4.90 Å². The zero-order valence-electron chi connectivity index (χ0n) is 22.8. The Morgan fingerprint density at radius 1 is 1.10 bits per heavy atom. The molecule has 0 spiro atoms. The summed E-state index contributed by atoms with van der Waals surface area (Å²) in [5, 5.41) is 20.1. The van der Waals surface area contributed by atoms with Crippen LogP contribution in [0.5, 0.6) is 0 Å². The zero-order valence-corrected chi connectivity index (χ0v) is 24.3. The first-order valence-electron chi connectivity index (χ1n) is 13.1. The van der Waals surface area contributed by atoms with Crippen molar-refractivity contribution in [3.05, 3.63) is 98.8 Å². The van der Waals surface area contributed by atoms with Gasteiger partial charge < -0.3 is 5.11 Å². The molecule has 0 bridgehead atoms. The number of carbonyl (C=O) groups is 2. The van der Waals surface area contributed by atoms with Crippen molar-refractivity contribution in [3.63, 3.8) is 0 Å². The van der Waals surface area contributed by atoms with Crippen LogP contribution in [0.3, 0.4) is 0 Å². The number of amides is 1. The lowest BCUT2D eigenvalue weighted by molar-refractivity contribution is -0.119. The van der Waals surface area contributed by atoms with Crippen molar-refractivity contribution in [1.82, 2.24) is 4.90 Å². The second-order valence-corrected chi connectivity index (χ2v) is 12.7. The van der Waals surface area contributed by atoms with Crippen molar-refractivity contribution < 1.29 is 27.9 Å². The number of carboxylic acid groups (broad SMARTS) is 1. The maximum atomic E-state index is 15.9. The number of carboxylic acids is 1. The molecule has 0 unspecified atom stereocenters. The molecular formula is C31H26Cl2F3N3O3. The minimum absolute atomic E-state index is 0.0428. The number of rotatable bonds is 5. The Labute approximate surface area is 250 Å². The molecule has 0 aromatic heterocycles. The quantitative estimate of drug-likeness (QED) is 0.329. The van der Waals surface area contributed by atoms with E-state index >= 15 is 13.2 Å². The van der Waals surface area contributed by atoms with Crippen molar-refractivity contribution in [2.75, 3.05) is 11.6 Å². The molecule has 218 valence electrons. The number of hydrogen-bond donors (Lipinski definition) is 1. The fraction of sp³-hybridized carbons (Fsp3) is 0.323. The topological polar surface area (TPSA) is 84.6 Å². The molecule has 4 atom stereocenters. The summed E-state index contributed by atoms with van der Waals surface area (Å²) in [5.41, 5.74) is -2.80. The summed E-state index contributed by atoms with van der Waals surface area (Å²) >= 11 is 12.2. The Morgan fingerprint density at radius 3 is 2.40 bits per heavy atom. The highest BCUT2D eigenvalue weighted by Crippen LogP contribution is 2.58. The largest absolute Gasteiger partial charge is 0.478 e. The molecule has 2 aliphatic heterocycles. The van der Waals surface area contributed by atoms with Crippen LogP contribution in [-0.4, -0.2) is 40.6 Å². The molecule has 1 N–H and O–H groups in total. The second kappa shape index (κ2) is 10.6. The van der Waals surface area contributed by atoms with Gasteiger partial charge in [-0.25, -0.2) is 18.0 Å². The summed E-state index contributed by atoms with van der Waals surface area (Å²) in [6.45, 7) is 5.58. The summed E-state index contributed by atoms with van der Waals surface area (Å²) < 4.78 is 46.9. The molecule has 2 fully saturated rings. The van der Waals surface area contributed by atoms with E-state index in [1.165, 1.54) is 42.5 Å². The molecule has 0 saturated carbocycles. The number of anilines is 1. The van der Waals surface area contributed by atoms with Gasteiger partial charge in [-0.2, -0.15) is 5.26 Å². The molecule has 11 heteroatoms. The van der Waals surface area contributed by atoms with Crippen molar-refractivity contribution in [2.45, 2.75) is 50.6 Å². The number of nitriles is 1. The Balaban J connectivity index is 1.78. The summed E-state index contributed by atoms with van der Waals surface area (Å²) in [5.74, 6) is -5.80. The number of benzene rings is 3. The van der Waals surface area contributed by atoms with E-state index in [2.05, 4.69) is 6.07 Å². The smallest absolute Gasteiger partial charge is 0.335 e. The number of nitrogens with zero attached hydrogens (tertiary/aromatic N) is 3. The summed E-state index contributed by atoms with van der Waals surface area (Å²) in [6, 6.07) is 11.6. The molecule has 6 nitrogen and oxygen atoms in total. The van der Waals surface area contributed by atoms with E-state index < -0.39 is 58.2 Å². The summed E-state index contributed by atoms with van der Waals surface area (Å²) in [7, 11) is 0. The maximum Gasteiger partial charge on any atom is 0.335 e. The van der Waals surface area contributed by atoms with Gasteiger partial charge in [-0.1, -0.05) is 62.2 Å². The lowest BCUT2D eigenvalue weighted by atomic mass is 9.62. The first kappa shape index (κ1) is 29.9. The van der Waals surface area contributed by atoms with Gasteiger partial charge in [-0.3, -0.25) is 14.6 Å². The number of fused-ring (bicyclic) bond motifs is 1. The van der Waals surface area contributed by atoms with E-state index in [9.17, 15) is 20.0 Å². The fourth-order valence-corrected chi connectivity index (χ4v) is 6.77.